The summed E-state index contributed by atoms with van der Waals surface area (Å²) in [5.41, 5.74) is 1.26. The number of benzene rings is 2. The van der Waals surface area contributed by atoms with Gasteiger partial charge in [-0.3, -0.25) is 24.6 Å². The number of non-ortho nitro benzene ring substituents is 1. The van der Waals surface area contributed by atoms with Gasteiger partial charge in [-0.2, -0.15) is 0 Å². The van der Waals surface area contributed by atoms with Crippen molar-refractivity contribution in [2.75, 3.05) is 0 Å². The molecule has 29 heavy (non-hydrogen) atoms. The van der Waals surface area contributed by atoms with Crippen LogP contribution in [-0.2, 0) is 11.4 Å². The molecule has 9 heteroatoms. The molecule has 2 aromatic rings. The summed E-state index contributed by atoms with van der Waals surface area (Å²) in [5.74, 6) is 0.163. The van der Waals surface area contributed by atoms with E-state index in [-0.39, 0.29) is 29.5 Å². The van der Waals surface area contributed by atoms with Gasteiger partial charge in [0.15, 0.2) is 0 Å². The summed E-state index contributed by atoms with van der Waals surface area (Å²) in [5, 5.41) is 10.6. The summed E-state index contributed by atoms with van der Waals surface area (Å²) in [6, 6.07) is 11.3. The molecule has 7 nitrogen and oxygen atoms in total. The van der Waals surface area contributed by atoms with Gasteiger partial charge >= 0.3 is 0 Å². The second-order valence-corrected chi connectivity index (χ2v) is 8.45. The predicted molar refractivity (Wildman–Crippen MR) is 115 cm³/mol. The van der Waals surface area contributed by atoms with Gasteiger partial charge in [0.05, 0.1) is 9.83 Å². The highest BCUT2D eigenvalue weighted by molar-refractivity contribution is 9.10. The molecule has 1 aliphatic heterocycles. The number of imide groups is 1. The Morgan fingerprint density at radius 2 is 2.00 bits per heavy atom. The van der Waals surface area contributed by atoms with Crippen LogP contribution in [0.2, 0.25) is 0 Å². The third-order valence-electron chi connectivity index (χ3n) is 4.11. The molecule has 0 unspecified atom stereocenters. The molecule has 0 atom stereocenters. The number of hydrogen-bond acceptors (Lipinski definition) is 6. The lowest BCUT2D eigenvalue weighted by molar-refractivity contribution is -0.384. The molecule has 0 aliphatic carbocycles. The van der Waals surface area contributed by atoms with Gasteiger partial charge < -0.3 is 4.74 Å². The molecule has 0 bridgehead atoms. The zero-order valence-corrected chi connectivity index (χ0v) is 18.0. The van der Waals surface area contributed by atoms with Crippen molar-refractivity contribution >= 4 is 50.6 Å². The summed E-state index contributed by atoms with van der Waals surface area (Å²) in [6.07, 6.45) is 1.63. The normalized spacial score (nSPS) is 15.4. The summed E-state index contributed by atoms with van der Waals surface area (Å²) in [7, 11) is 0. The lowest BCUT2D eigenvalue weighted by Crippen LogP contribution is -2.34. The Morgan fingerprint density at radius 3 is 2.66 bits per heavy atom. The van der Waals surface area contributed by atoms with E-state index in [1.54, 1.807) is 50.3 Å². The number of nitro groups is 1. The summed E-state index contributed by atoms with van der Waals surface area (Å²) < 4.78 is 6.64. The lowest BCUT2D eigenvalue weighted by atomic mass is 10.1. The largest absolute Gasteiger partial charge is 0.488 e. The Balaban J connectivity index is 1.85. The van der Waals surface area contributed by atoms with Crippen LogP contribution in [0.3, 0.4) is 0 Å². The van der Waals surface area contributed by atoms with Crippen molar-refractivity contribution < 1.29 is 19.2 Å². The third kappa shape index (κ3) is 4.86. The molecule has 1 saturated heterocycles. The maximum Gasteiger partial charge on any atom is 0.293 e. The zero-order valence-electron chi connectivity index (χ0n) is 15.6. The number of rotatable bonds is 6. The van der Waals surface area contributed by atoms with E-state index >= 15 is 0 Å². The van der Waals surface area contributed by atoms with Crippen LogP contribution in [0.4, 0.5) is 10.5 Å². The molecule has 3 rings (SSSR count). The van der Waals surface area contributed by atoms with Crippen LogP contribution >= 0.6 is 27.7 Å². The quantitative estimate of drug-likeness (QED) is 0.315. The summed E-state index contributed by atoms with van der Waals surface area (Å²) in [6.45, 7) is 3.69. The van der Waals surface area contributed by atoms with Crippen LogP contribution in [0, 0.1) is 10.1 Å². The van der Waals surface area contributed by atoms with Crippen LogP contribution in [0.1, 0.15) is 25.0 Å². The highest BCUT2D eigenvalue weighted by Gasteiger charge is 2.36. The predicted octanol–water partition coefficient (Wildman–Crippen LogP) is 5.38. The number of ether oxygens (including phenoxy) is 1. The summed E-state index contributed by atoms with van der Waals surface area (Å²) >= 11 is 4.29. The first kappa shape index (κ1) is 21.1. The standard InChI is InChI=1S/C20H17BrN2O5S/c1-12(2)22-19(24)18(29-20(22)25)10-14-9-15(21)6-7-17(14)28-11-13-4-3-5-16(8-13)23(26)27/h3-10,12H,11H2,1-2H3/b18-10+. The minimum Gasteiger partial charge on any atom is -0.488 e. The fourth-order valence-corrected chi connectivity index (χ4v) is 4.08. The highest BCUT2D eigenvalue weighted by Crippen LogP contribution is 2.36. The first-order chi connectivity index (χ1) is 13.8. The molecule has 0 aromatic heterocycles. The molecular formula is C20H17BrN2O5S. The van der Waals surface area contributed by atoms with Gasteiger partial charge in [-0.15, -0.1) is 0 Å². The van der Waals surface area contributed by atoms with Gasteiger partial charge in [-0.1, -0.05) is 28.1 Å². The Labute approximate surface area is 180 Å². The second kappa shape index (κ2) is 8.79. The number of hydrogen-bond donors (Lipinski definition) is 0. The monoisotopic (exact) mass is 476 g/mol. The molecular weight excluding hydrogens is 460 g/mol. The van der Waals surface area contributed by atoms with E-state index in [0.29, 0.717) is 21.8 Å². The van der Waals surface area contributed by atoms with Crippen molar-refractivity contribution in [2.45, 2.75) is 26.5 Å². The van der Waals surface area contributed by atoms with Crippen molar-refractivity contribution in [1.29, 1.82) is 0 Å². The Kier molecular flexibility index (Phi) is 6.39. The van der Waals surface area contributed by atoms with Crippen molar-refractivity contribution in [3.63, 3.8) is 0 Å². The number of carbonyl (C=O) groups excluding carboxylic acids is 2. The molecule has 0 saturated carbocycles. The Morgan fingerprint density at radius 1 is 1.24 bits per heavy atom. The van der Waals surface area contributed by atoms with Crippen molar-refractivity contribution in [1.82, 2.24) is 4.90 Å². The Bertz CT molecular complexity index is 1020. The third-order valence-corrected chi connectivity index (χ3v) is 5.49. The van der Waals surface area contributed by atoms with Crippen LogP contribution in [0.15, 0.2) is 51.8 Å². The number of thioether (sulfide) groups is 1. The minimum atomic E-state index is -0.459. The zero-order chi connectivity index (χ0) is 21.1. The van der Waals surface area contributed by atoms with E-state index < -0.39 is 4.92 Å². The number of nitro benzene ring substituents is 1. The molecule has 1 heterocycles. The molecule has 1 fully saturated rings. The van der Waals surface area contributed by atoms with E-state index in [9.17, 15) is 19.7 Å². The van der Waals surface area contributed by atoms with Crippen LogP contribution in [-0.4, -0.2) is 27.0 Å². The maximum atomic E-state index is 12.5. The smallest absolute Gasteiger partial charge is 0.293 e. The van der Waals surface area contributed by atoms with E-state index in [0.717, 1.165) is 16.2 Å². The molecule has 0 radical (unpaired) electrons. The van der Waals surface area contributed by atoms with Crippen molar-refractivity contribution in [2.24, 2.45) is 0 Å². The first-order valence-electron chi connectivity index (χ1n) is 8.69. The SMILES string of the molecule is CC(C)N1C(=O)S/C(=C/c2cc(Br)ccc2OCc2cccc([N+](=O)[O-])c2)C1=O. The number of carbonyl (C=O) groups is 2. The lowest BCUT2D eigenvalue weighted by Gasteiger charge is -2.16. The summed E-state index contributed by atoms with van der Waals surface area (Å²) in [4.78, 5) is 36.7. The molecule has 150 valence electrons. The average Bonchev–Trinajstić information content (AvgIpc) is 2.94. The fraction of sp³-hybridized carbons (Fsp3) is 0.200. The number of halogens is 1. The molecule has 2 aromatic carbocycles. The van der Waals surface area contributed by atoms with Gasteiger partial charge in [0, 0.05) is 28.2 Å². The molecule has 1 aliphatic rings. The van der Waals surface area contributed by atoms with Crippen LogP contribution in [0.5, 0.6) is 5.75 Å². The van der Waals surface area contributed by atoms with E-state index in [1.807, 2.05) is 0 Å². The number of amides is 2. The topological polar surface area (TPSA) is 89.8 Å². The van der Waals surface area contributed by atoms with Gasteiger partial charge in [-0.05, 0) is 55.4 Å². The molecule has 0 spiro atoms. The Hall–Kier alpha value is -2.65. The van der Waals surface area contributed by atoms with Gasteiger partial charge in [0.25, 0.3) is 16.8 Å². The maximum absolute atomic E-state index is 12.5. The van der Waals surface area contributed by atoms with E-state index in [4.69, 9.17) is 4.74 Å². The first-order valence-corrected chi connectivity index (χ1v) is 10.3. The van der Waals surface area contributed by atoms with Gasteiger partial charge in [-0.25, -0.2) is 0 Å². The van der Waals surface area contributed by atoms with Gasteiger partial charge in [0.1, 0.15) is 12.4 Å². The fourth-order valence-electron chi connectivity index (χ4n) is 2.75. The average molecular weight is 477 g/mol. The van der Waals surface area contributed by atoms with Crippen molar-refractivity contribution in [3.05, 3.63) is 73.1 Å². The highest BCUT2D eigenvalue weighted by atomic mass is 79.9. The van der Waals surface area contributed by atoms with Gasteiger partial charge in [0.2, 0.25) is 0 Å². The van der Waals surface area contributed by atoms with Crippen LogP contribution in [0.25, 0.3) is 6.08 Å². The number of nitrogens with zero attached hydrogens (tertiary/aromatic N) is 2. The molecule has 2 amide bonds. The van der Waals surface area contributed by atoms with Crippen molar-refractivity contribution in [3.8, 4) is 5.75 Å². The minimum absolute atomic E-state index is 0.00973. The second-order valence-electron chi connectivity index (χ2n) is 6.54. The van der Waals surface area contributed by atoms with E-state index in [1.165, 1.54) is 17.0 Å². The van der Waals surface area contributed by atoms with E-state index in [2.05, 4.69) is 15.9 Å². The van der Waals surface area contributed by atoms with Crippen LogP contribution < -0.4 is 4.74 Å². The molecule has 0 N–H and O–H groups in total.